The Morgan fingerprint density at radius 3 is 2.72 bits per heavy atom. The zero-order valence-corrected chi connectivity index (χ0v) is 15.0. The van der Waals surface area contributed by atoms with Gasteiger partial charge in [-0.15, -0.1) is 0 Å². The van der Waals surface area contributed by atoms with Crippen LogP contribution in [0.2, 0.25) is 0 Å². The average Bonchev–Trinajstić information content (AvgIpc) is 2.57. The molecular weight excluding hydrogens is 314 g/mol. The van der Waals surface area contributed by atoms with E-state index in [1.807, 2.05) is 63.2 Å². The highest BCUT2D eigenvalue weighted by Crippen LogP contribution is 2.24. The van der Waals surface area contributed by atoms with E-state index in [2.05, 4.69) is 6.07 Å². The maximum absolute atomic E-state index is 11.0. The van der Waals surface area contributed by atoms with Crippen LogP contribution in [0.4, 0.5) is 0 Å². The number of aryl methyl sites for hydroxylation is 1. The van der Waals surface area contributed by atoms with Crippen LogP contribution in [-0.4, -0.2) is 17.2 Å². The first-order valence-electron chi connectivity index (χ1n) is 8.35. The molecule has 0 fully saturated rings. The second-order valence-corrected chi connectivity index (χ2v) is 6.26. The Morgan fingerprint density at radius 1 is 1.28 bits per heavy atom. The van der Waals surface area contributed by atoms with Gasteiger partial charge in [-0.1, -0.05) is 36.4 Å². The van der Waals surface area contributed by atoms with E-state index in [1.54, 1.807) is 0 Å². The van der Waals surface area contributed by atoms with Crippen molar-refractivity contribution in [1.82, 2.24) is 0 Å². The molecule has 4 heteroatoms. The fourth-order valence-corrected chi connectivity index (χ4v) is 2.71. The molecule has 0 aliphatic heterocycles. The molecule has 2 aromatic carbocycles. The number of carboxylic acids is 1. The maximum Gasteiger partial charge on any atom is 0.307 e. The Hall–Kier alpha value is -2.59. The van der Waals surface area contributed by atoms with Gasteiger partial charge in [0.2, 0.25) is 0 Å². The molecule has 132 valence electrons. The normalized spacial score (nSPS) is 12.7. The van der Waals surface area contributed by atoms with Crippen molar-refractivity contribution in [3.8, 4) is 5.75 Å². The molecule has 0 aliphatic rings. The molecule has 0 aromatic heterocycles. The standard InChI is InChI=1S/C21H25NO3/c1-14-7-8-19(12-21(23)24)20(9-14)25-16(3)10-15(2)18-6-4-5-17(11-18)13-22/h4-11,16H,12-13,22H2,1-3H3,(H,23,24)/b15-10+. The zero-order chi connectivity index (χ0) is 18.4. The zero-order valence-electron chi connectivity index (χ0n) is 15.0. The minimum atomic E-state index is -0.869. The highest BCUT2D eigenvalue weighted by atomic mass is 16.5. The molecule has 0 heterocycles. The van der Waals surface area contributed by atoms with Gasteiger partial charge in [0.15, 0.2) is 0 Å². The SMILES string of the molecule is C/C(=C\C(C)Oc1cc(C)ccc1CC(=O)O)c1cccc(CN)c1. The third kappa shape index (κ3) is 5.47. The van der Waals surface area contributed by atoms with Gasteiger partial charge in [0.05, 0.1) is 6.42 Å². The molecule has 0 saturated carbocycles. The molecule has 0 saturated heterocycles. The Bertz CT molecular complexity index is 780. The number of allylic oxidation sites excluding steroid dienone is 1. The van der Waals surface area contributed by atoms with Gasteiger partial charge in [0.25, 0.3) is 0 Å². The number of carboxylic acid groups (broad SMARTS) is 1. The monoisotopic (exact) mass is 339 g/mol. The van der Waals surface area contributed by atoms with Crippen LogP contribution in [0.25, 0.3) is 5.57 Å². The van der Waals surface area contributed by atoms with Gasteiger partial charge in [-0.3, -0.25) is 4.79 Å². The van der Waals surface area contributed by atoms with E-state index >= 15 is 0 Å². The first kappa shape index (κ1) is 18.7. The largest absolute Gasteiger partial charge is 0.486 e. The number of hydrogen-bond acceptors (Lipinski definition) is 3. The van der Waals surface area contributed by atoms with E-state index in [9.17, 15) is 4.79 Å². The summed E-state index contributed by atoms with van der Waals surface area (Å²) in [5.74, 6) is -0.249. The fourth-order valence-electron chi connectivity index (χ4n) is 2.71. The number of carbonyl (C=O) groups is 1. The predicted molar refractivity (Wildman–Crippen MR) is 101 cm³/mol. The topological polar surface area (TPSA) is 72.5 Å². The summed E-state index contributed by atoms with van der Waals surface area (Å²) >= 11 is 0. The quantitative estimate of drug-likeness (QED) is 0.801. The van der Waals surface area contributed by atoms with E-state index in [4.69, 9.17) is 15.6 Å². The summed E-state index contributed by atoms with van der Waals surface area (Å²) in [6, 6.07) is 13.7. The number of rotatable bonds is 7. The highest BCUT2D eigenvalue weighted by molar-refractivity contribution is 5.71. The number of aliphatic carboxylic acids is 1. The minimum Gasteiger partial charge on any atom is -0.486 e. The summed E-state index contributed by atoms with van der Waals surface area (Å²) in [6.07, 6.45) is 1.79. The molecule has 0 spiro atoms. The molecule has 0 radical (unpaired) electrons. The fraction of sp³-hybridized carbons (Fsp3) is 0.286. The van der Waals surface area contributed by atoms with Crippen molar-refractivity contribution in [3.63, 3.8) is 0 Å². The summed E-state index contributed by atoms with van der Waals surface area (Å²) in [5.41, 5.74) is 10.7. The van der Waals surface area contributed by atoms with Crippen molar-refractivity contribution < 1.29 is 14.6 Å². The van der Waals surface area contributed by atoms with E-state index in [1.165, 1.54) is 0 Å². The maximum atomic E-state index is 11.0. The summed E-state index contributed by atoms with van der Waals surface area (Å²) in [4.78, 5) is 11.0. The third-order valence-corrected chi connectivity index (χ3v) is 3.98. The average molecular weight is 339 g/mol. The number of nitrogens with two attached hydrogens (primary N) is 1. The molecule has 1 unspecified atom stereocenters. The van der Waals surface area contributed by atoms with Gasteiger partial charge in [0, 0.05) is 12.1 Å². The lowest BCUT2D eigenvalue weighted by molar-refractivity contribution is -0.136. The summed E-state index contributed by atoms with van der Waals surface area (Å²) < 4.78 is 6.01. The lowest BCUT2D eigenvalue weighted by Crippen LogP contribution is -2.12. The smallest absolute Gasteiger partial charge is 0.307 e. The van der Waals surface area contributed by atoms with Crippen LogP contribution in [-0.2, 0) is 17.8 Å². The van der Waals surface area contributed by atoms with E-state index in [-0.39, 0.29) is 12.5 Å². The molecular formula is C21H25NO3. The molecule has 0 bridgehead atoms. The predicted octanol–water partition coefficient (Wildman–Crippen LogP) is 3.95. The Kier molecular flexibility index (Phi) is 6.37. The molecule has 0 amide bonds. The van der Waals surface area contributed by atoms with Crippen LogP contribution in [0.1, 0.15) is 36.1 Å². The number of ether oxygens (including phenoxy) is 1. The summed E-state index contributed by atoms with van der Waals surface area (Å²) in [5, 5.41) is 9.06. The van der Waals surface area contributed by atoms with Crippen molar-refractivity contribution in [2.24, 2.45) is 5.73 Å². The highest BCUT2D eigenvalue weighted by Gasteiger charge is 2.11. The van der Waals surface area contributed by atoms with Crippen LogP contribution >= 0.6 is 0 Å². The van der Waals surface area contributed by atoms with Crippen molar-refractivity contribution in [3.05, 3.63) is 70.8 Å². The van der Waals surface area contributed by atoms with Crippen molar-refractivity contribution >= 4 is 11.5 Å². The van der Waals surface area contributed by atoms with E-state index in [0.717, 1.165) is 22.3 Å². The second kappa shape index (κ2) is 8.49. The molecule has 0 aliphatic carbocycles. The van der Waals surface area contributed by atoms with Crippen LogP contribution in [0.15, 0.2) is 48.5 Å². The number of benzene rings is 2. The first-order chi connectivity index (χ1) is 11.9. The van der Waals surface area contributed by atoms with E-state index < -0.39 is 5.97 Å². The van der Waals surface area contributed by atoms with Gasteiger partial charge >= 0.3 is 5.97 Å². The molecule has 4 nitrogen and oxygen atoms in total. The van der Waals surface area contributed by atoms with Crippen molar-refractivity contribution in [2.75, 3.05) is 0 Å². The van der Waals surface area contributed by atoms with Gasteiger partial charge in [0.1, 0.15) is 11.9 Å². The number of hydrogen-bond donors (Lipinski definition) is 2. The molecule has 1 atom stereocenters. The molecule has 2 rings (SSSR count). The van der Waals surface area contributed by atoms with Gasteiger partial charge in [-0.2, -0.15) is 0 Å². The Balaban J connectivity index is 2.19. The Labute approximate surface area is 148 Å². The summed E-state index contributed by atoms with van der Waals surface area (Å²) in [7, 11) is 0. The first-order valence-corrected chi connectivity index (χ1v) is 8.35. The lowest BCUT2D eigenvalue weighted by Gasteiger charge is -2.16. The molecule has 25 heavy (non-hydrogen) atoms. The van der Waals surface area contributed by atoms with E-state index in [0.29, 0.717) is 17.9 Å². The van der Waals surface area contributed by atoms with Crippen LogP contribution in [0, 0.1) is 6.92 Å². The summed E-state index contributed by atoms with van der Waals surface area (Å²) in [6.45, 7) is 6.45. The van der Waals surface area contributed by atoms with Crippen molar-refractivity contribution in [1.29, 1.82) is 0 Å². The van der Waals surface area contributed by atoms with Gasteiger partial charge in [-0.05, 0) is 55.2 Å². The van der Waals surface area contributed by atoms with Crippen LogP contribution in [0.5, 0.6) is 5.75 Å². The third-order valence-electron chi connectivity index (χ3n) is 3.98. The van der Waals surface area contributed by atoms with Gasteiger partial charge in [-0.25, -0.2) is 0 Å². The minimum absolute atomic E-state index is 0.0520. The van der Waals surface area contributed by atoms with Crippen LogP contribution in [0.3, 0.4) is 0 Å². The second-order valence-electron chi connectivity index (χ2n) is 6.26. The molecule has 2 aromatic rings. The Morgan fingerprint density at radius 2 is 2.04 bits per heavy atom. The molecule has 3 N–H and O–H groups in total. The van der Waals surface area contributed by atoms with Crippen LogP contribution < -0.4 is 10.5 Å². The van der Waals surface area contributed by atoms with Crippen molar-refractivity contribution in [2.45, 2.75) is 39.8 Å². The van der Waals surface area contributed by atoms with Gasteiger partial charge < -0.3 is 15.6 Å². The lowest BCUT2D eigenvalue weighted by atomic mass is 10.0.